The first-order chi connectivity index (χ1) is 9.43. The molecule has 0 radical (unpaired) electrons. The highest BCUT2D eigenvalue weighted by atomic mass is 16.2. The maximum atomic E-state index is 12.1. The van der Waals surface area contributed by atoms with Crippen LogP contribution in [0.2, 0.25) is 0 Å². The van der Waals surface area contributed by atoms with Crippen LogP contribution in [0.5, 0.6) is 0 Å². The van der Waals surface area contributed by atoms with Crippen LogP contribution in [0.1, 0.15) is 34.1 Å². The van der Waals surface area contributed by atoms with E-state index in [4.69, 9.17) is 5.73 Å². The zero-order chi connectivity index (χ0) is 15.1. The van der Waals surface area contributed by atoms with Gasteiger partial charge in [-0.1, -0.05) is 20.8 Å². The maximum absolute atomic E-state index is 12.1. The van der Waals surface area contributed by atoms with E-state index in [1.807, 2.05) is 31.2 Å². The van der Waals surface area contributed by atoms with Crippen molar-refractivity contribution in [3.8, 4) is 0 Å². The van der Waals surface area contributed by atoms with Gasteiger partial charge in [-0.15, -0.1) is 0 Å². The Bertz CT molecular complexity index is 414. The summed E-state index contributed by atoms with van der Waals surface area (Å²) in [7, 11) is 0. The highest BCUT2D eigenvalue weighted by Gasteiger charge is 2.14. The highest BCUT2D eigenvalue weighted by molar-refractivity contribution is 5.81. The normalized spacial score (nSPS) is 12.2. The fraction of sp³-hybridized carbons (Fsp3) is 0.562. The van der Waals surface area contributed by atoms with Crippen LogP contribution < -0.4 is 16.0 Å². The molecule has 1 rings (SSSR count). The van der Waals surface area contributed by atoms with Crippen molar-refractivity contribution in [2.75, 3.05) is 23.7 Å². The van der Waals surface area contributed by atoms with E-state index in [0.717, 1.165) is 24.3 Å². The van der Waals surface area contributed by atoms with Gasteiger partial charge in [0.15, 0.2) is 0 Å². The Hall–Kier alpha value is -1.71. The Morgan fingerprint density at radius 3 is 2.35 bits per heavy atom. The second-order valence-electron chi connectivity index (χ2n) is 5.61. The molecule has 4 heteroatoms. The van der Waals surface area contributed by atoms with Crippen molar-refractivity contribution in [3.05, 3.63) is 24.3 Å². The van der Waals surface area contributed by atoms with Crippen molar-refractivity contribution in [1.29, 1.82) is 0 Å². The number of nitrogens with two attached hydrogens (primary N) is 1. The van der Waals surface area contributed by atoms with Crippen molar-refractivity contribution in [1.82, 2.24) is 5.32 Å². The number of carbonyl (C=O) groups excluding carboxylic acids is 1. The number of hydrogen-bond acceptors (Lipinski definition) is 3. The van der Waals surface area contributed by atoms with Gasteiger partial charge in [0.2, 0.25) is 5.91 Å². The van der Waals surface area contributed by atoms with Crippen LogP contribution in [0.15, 0.2) is 24.3 Å². The Morgan fingerprint density at radius 1 is 1.25 bits per heavy atom. The monoisotopic (exact) mass is 277 g/mol. The lowest BCUT2D eigenvalue weighted by Crippen LogP contribution is -2.43. The minimum Gasteiger partial charge on any atom is -0.399 e. The van der Waals surface area contributed by atoms with Gasteiger partial charge < -0.3 is 16.0 Å². The lowest BCUT2D eigenvalue weighted by molar-refractivity contribution is -0.120. The first-order valence-electron chi connectivity index (χ1n) is 7.33. The maximum Gasteiger partial charge on any atom is 0.239 e. The molecule has 0 aliphatic rings. The predicted octanol–water partition coefficient (Wildman–Crippen LogP) is 2.65. The van der Waals surface area contributed by atoms with Crippen molar-refractivity contribution in [2.24, 2.45) is 5.92 Å². The Labute approximate surface area is 122 Å². The SMILES string of the molecule is CCCN(CC(=O)NC(C)C(C)C)c1ccc(N)cc1. The number of nitrogen functional groups attached to an aromatic ring is 1. The summed E-state index contributed by atoms with van der Waals surface area (Å²) < 4.78 is 0. The molecule has 0 aliphatic carbocycles. The average molecular weight is 277 g/mol. The number of amides is 1. The third kappa shape index (κ3) is 5.11. The molecular formula is C16H27N3O. The number of nitrogens with one attached hydrogen (secondary N) is 1. The van der Waals surface area contributed by atoms with Gasteiger partial charge in [0.25, 0.3) is 0 Å². The fourth-order valence-corrected chi connectivity index (χ4v) is 1.89. The van der Waals surface area contributed by atoms with Gasteiger partial charge in [-0.25, -0.2) is 0 Å². The molecule has 1 aromatic rings. The number of rotatable bonds is 7. The van der Waals surface area contributed by atoms with Crippen LogP contribution >= 0.6 is 0 Å². The minimum atomic E-state index is 0.0662. The van der Waals surface area contributed by atoms with Crippen LogP contribution in [-0.2, 0) is 4.79 Å². The van der Waals surface area contributed by atoms with Crippen molar-refractivity contribution in [3.63, 3.8) is 0 Å². The van der Waals surface area contributed by atoms with E-state index < -0.39 is 0 Å². The number of benzene rings is 1. The molecule has 0 bridgehead atoms. The van der Waals surface area contributed by atoms with E-state index >= 15 is 0 Å². The van der Waals surface area contributed by atoms with Crippen molar-refractivity contribution < 1.29 is 4.79 Å². The van der Waals surface area contributed by atoms with E-state index in [-0.39, 0.29) is 11.9 Å². The number of anilines is 2. The van der Waals surface area contributed by atoms with Gasteiger partial charge in [-0.2, -0.15) is 0 Å². The quantitative estimate of drug-likeness (QED) is 0.753. The van der Waals surface area contributed by atoms with E-state index in [0.29, 0.717) is 12.5 Å². The number of hydrogen-bond donors (Lipinski definition) is 2. The Morgan fingerprint density at radius 2 is 1.85 bits per heavy atom. The smallest absolute Gasteiger partial charge is 0.239 e. The standard InChI is InChI=1S/C16H27N3O/c1-5-10-19(15-8-6-14(17)7-9-15)11-16(20)18-13(4)12(2)3/h6-9,12-13H,5,10-11,17H2,1-4H3,(H,18,20). The van der Waals surface area contributed by atoms with Crippen molar-refractivity contribution >= 4 is 17.3 Å². The topological polar surface area (TPSA) is 58.4 Å². The third-order valence-electron chi connectivity index (χ3n) is 3.47. The van der Waals surface area contributed by atoms with Gasteiger partial charge in [-0.3, -0.25) is 4.79 Å². The zero-order valence-electron chi connectivity index (χ0n) is 13.0. The lowest BCUT2D eigenvalue weighted by atomic mass is 10.1. The summed E-state index contributed by atoms with van der Waals surface area (Å²) in [6.45, 7) is 9.60. The molecule has 3 N–H and O–H groups in total. The predicted molar refractivity (Wildman–Crippen MR) is 85.8 cm³/mol. The molecule has 0 saturated heterocycles. The first-order valence-corrected chi connectivity index (χ1v) is 7.33. The van der Waals surface area contributed by atoms with Gasteiger partial charge in [0.1, 0.15) is 0 Å². The van der Waals surface area contributed by atoms with Crippen LogP contribution in [0.4, 0.5) is 11.4 Å². The van der Waals surface area contributed by atoms with Gasteiger partial charge in [0, 0.05) is 24.0 Å². The third-order valence-corrected chi connectivity index (χ3v) is 3.47. The molecule has 0 saturated carbocycles. The second-order valence-corrected chi connectivity index (χ2v) is 5.61. The summed E-state index contributed by atoms with van der Waals surface area (Å²) in [5.74, 6) is 0.506. The summed E-state index contributed by atoms with van der Waals surface area (Å²) in [5, 5.41) is 3.04. The van der Waals surface area contributed by atoms with Crippen LogP contribution in [0, 0.1) is 5.92 Å². The minimum absolute atomic E-state index is 0.0662. The molecule has 112 valence electrons. The van der Waals surface area contributed by atoms with E-state index in [9.17, 15) is 4.79 Å². The molecule has 20 heavy (non-hydrogen) atoms. The Kier molecular flexibility index (Phi) is 6.36. The van der Waals surface area contributed by atoms with E-state index in [1.54, 1.807) is 0 Å². The summed E-state index contributed by atoms with van der Waals surface area (Å²) in [6, 6.07) is 7.85. The van der Waals surface area contributed by atoms with Crippen molar-refractivity contribution in [2.45, 2.75) is 40.2 Å². The first kappa shape index (κ1) is 16.3. The molecule has 1 atom stereocenters. The molecule has 0 aromatic heterocycles. The molecule has 0 aliphatic heterocycles. The molecular weight excluding hydrogens is 250 g/mol. The molecule has 0 fully saturated rings. The summed E-state index contributed by atoms with van der Waals surface area (Å²) in [5.41, 5.74) is 7.48. The second kappa shape index (κ2) is 7.78. The summed E-state index contributed by atoms with van der Waals surface area (Å²) in [6.07, 6.45) is 0.997. The van der Waals surface area contributed by atoms with E-state index in [2.05, 4.69) is 31.0 Å². The fourth-order valence-electron chi connectivity index (χ4n) is 1.89. The molecule has 0 spiro atoms. The Balaban J connectivity index is 2.67. The van der Waals surface area contributed by atoms with Gasteiger partial charge in [-0.05, 0) is 43.5 Å². The van der Waals surface area contributed by atoms with Crippen LogP contribution in [0.3, 0.4) is 0 Å². The molecule has 1 aromatic carbocycles. The van der Waals surface area contributed by atoms with Gasteiger partial charge >= 0.3 is 0 Å². The van der Waals surface area contributed by atoms with Crippen LogP contribution in [0.25, 0.3) is 0 Å². The summed E-state index contributed by atoms with van der Waals surface area (Å²) >= 11 is 0. The summed E-state index contributed by atoms with van der Waals surface area (Å²) in [4.78, 5) is 14.2. The highest BCUT2D eigenvalue weighted by Crippen LogP contribution is 2.16. The van der Waals surface area contributed by atoms with Crippen LogP contribution in [-0.4, -0.2) is 25.0 Å². The molecule has 4 nitrogen and oxygen atoms in total. The van der Waals surface area contributed by atoms with Gasteiger partial charge in [0.05, 0.1) is 6.54 Å². The lowest BCUT2D eigenvalue weighted by Gasteiger charge is -2.25. The molecule has 0 heterocycles. The molecule has 1 amide bonds. The van der Waals surface area contributed by atoms with E-state index in [1.165, 1.54) is 0 Å². The molecule has 1 unspecified atom stereocenters. The largest absolute Gasteiger partial charge is 0.399 e. The number of carbonyl (C=O) groups is 1. The number of nitrogens with zero attached hydrogens (tertiary/aromatic N) is 1. The zero-order valence-corrected chi connectivity index (χ0v) is 13.0. The average Bonchev–Trinajstić information content (AvgIpc) is 2.39.